The van der Waals surface area contributed by atoms with Crippen molar-refractivity contribution in [3.8, 4) is 28.7 Å². The Balaban J connectivity index is 1.37. The van der Waals surface area contributed by atoms with Gasteiger partial charge in [-0.25, -0.2) is 0 Å². The van der Waals surface area contributed by atoms with Gasteiger partial charge < -0.3 is 33.8 Å². The van der Waals surface area contributed by atoms with Crippen LogP contribution in [0.4, 0.5) is 0 Å². The van der Waals surface area contributed by atoms with Gasteiger partial charge in [0.1, 0.15) is 11.9 Å². The van der Waals surface area contributed by atoms with E-state index in [0.717, 1.165) is 11.3 Å². The van der Waals surface area contributed by atoms with Crippen molar-refractivity contribution >= 4 is 11.6 Å². The zero-order chi connectivity index (χ0) is 21.8. The highest BCUT2D eigenvalue weighted by molar-refractivity contribution is 5.98. The molecule has 0 aliphatic carbocycles. The van der Waals surface area contributed by atoms with Crippen LogP contribution in [0.3, 0.4) is 0 Å². The quantitative estimate of drug-likeness (QED) is 0.690. The molecule has 2 heterocycles. The van der Waals surface area contributed by atoms with Crippen LogP contribution in [0.2, 0.25) is 0 Å². The van der Waals surface area contributed by atoms with Gasteiger partial charge in [0.05, 0.1) is 33.6 Å². The summed E-state index contributed by atoms with van der Waals surface area (Å²) in [5, 5.41) is 7.00. The smallest absolute Gasteiger partial charge is 0.251 e. The molecule has 164 valence electrons. The summed E-state index contributed by atoms with van der Waals surface area (Å²) in [6.45, 7) is 0.416. The molecule has 0 saturated heterocycles. The van der Waals surface area contributed by atoms with Gasteiger partial charge in [-0.15, -0.1) is 0 Å². The summed E-state index contributed by atoms with van der Waals surface area (Å²) in [7, 11) is 4.72. The Morgan fingerprint density at radius 1 is 1.13 bits per heavy atom. The number of ether oxygens (including phenoxy) is 5. The first-order valence-corrected chi connectivity index (χ1v) is 9.80. The van der Waals surface area contributed by atoms with Crippen LogP contribution in [0, 0.1) is 0 Å². The molecule has 2 aliphatic rings. The zero-order valence-corrected chi connectivity index (χ0v) is 17.6. The lowest BCUT2D eigenvalue weighted by atomic mass is 10.0. The standard InChI is InChI=1S/C22H24N2O7/c1-26-16-6-4-5-13(7-16)22(25)23-11-15-10-17(31-24-15)8-14-9-18(27-2)20-21(19(14)28-3)30-12-29-20/h4-7,9,17H,8,10-12H2,1-3H3,(H,23,25). The number of oxime groups is 1. The Labute approximate surface area is 179 Å². The van der Waals surface area contributed by atoms with Crippen molar-refractivity contribution in [3.05, 3.63) is 41.5 Å². The van der Waals surface area contributed by atoms with E-state index in [1.807, 2.05) is 6.07 Å². The van der Waals surface area contributed by atoms with Gasteiger partial charge in [-0.05, 0) is 24.3 Å². The maximum absolute atomic E-state index is 12.4. The van der Waals surface area contributed by atoms with Crippen LogP contribution in [0.1, 0.15) is 22.3 Å². The number of nitrogens with zero attached hydrogens (tertiary/aromatic N) is 1. The van der Waals surface area contributed by atoms with Crippen LogP contribution in [0.15, 0.2) is 35.5 Å². The molecule has 0 aromatic heterocycles. The Morgan fingerprint density at radius 3 is 2.74 bits per heavy atom. The average Bonchev–Trinajstić information content (AvgIpc) is 3.46. The fourth-order valence-electron chi connectivity index (χ4n) is 3.59. The minimum absolute atomic E-state index is 0.117. The fourth-order valence-corrected chi connectivity index (χ4v) is 3.59. The van der Waals surface area contributed by atoms with Gasteiger partial charge in [0.2, 0.25) is 18.3 Å². The Morgan fingerprint density at radius 2 is 1.97 bits per heavy atom. The molecule has 0 bridgehead atoms. The predicted molar refractivity (Wildman–Crippen MR) is 112 cm³/mol. The monoisotopic (exact) mass is 428 g/mol. The minimum atomic E-state index is -0.202. The Bertz CT molecular complexity index is 1010. The van der Waals surface area contributed by atoms with E-state index in [4.69, 9.17) is 28.5 Å². The third-order valence-corrected chi connectivity index (χ3v) is 5.09. The molecule has 1 N–H and O–H groups in total. The lowest BCUT2D eigenvalue weighted by Crippen LogP contribution is -2.29. The number of benzene rings is 2. The van der Waals surface area contributed by atoms with Crippen molar-refractivity contribution < 1.29 is 33.3 Å². The van der Waals surface area contributed by atoms with Gasteiger partial charge in [0.25, 0.3) is 5.91 Å². The van der Waals surface area contributed by atoms with E-state index in [-0.39, 0.29) is 18.8 Å². The molecular formula is C22H24N2O7. The summed E-state index contributed by atoms with van der Waals surface area (Å²) >= 11 is 0. The number of hydrogen-bond donors (Lipinski definition) is 1. The van der Waals surface area contributed by atoms with Gasteiger partial charge in [-0.3, -0.25) is 4.79 Å². The summed E-state index contributed by atoms with van der Waals surface area (Å²) in [4.78, 5) is 18.0. The highest BCUT2D eigenvalue weighted by Crippen LogP contribution is 2.49. The molecular weight excluding hydrogens is 404 g/mol. The number of methoxy groups -OCH3 is 3. The molecule has 0 spiro atoms. The van der Waals surface area contributed by atoms with Crippen LogP contribution in [-0.2, 0) is 11.3 Å². The second kappa shape index (κ2) is 9.03. The maximum atomic E-state index is 12.4. The molecule has 0 radical (unpaired) electrons. The van der Waals surface area contributed by atoms with Gasteiger partial charge in [-0.1, -0.05) is 11.2 Å². The average molecular weight is 428 g/mol. The van der Waals surface area contributed by atoms with E-state index < -0.39 is 0 Å². The summed E-state index contributed by atoms with van der Waals surface area (Å²) in [6.07, 6.45) is 0.924. The van der Waals surface area contributed by atoms with Gasteiger partial charge >= 0.3 is 0 Å². The SMILES string of the molecule is COc1cccc(C(=O)NCC2=NOC(Cc3cc(OC)c4c(c3OC)OCO4)C2)c1. The van der Waals surface area contributed by atoms with E-state index in [1.165, 1.54) is 0 Å². The summed E-state index contributed by atoms with van der Waals surface area (Å²) < 4.78 is 27.2. The number of nitrogens with one attached hydrogen (secondary N) is 1. The lowest BCUT2D eigenvalue weighted by Gasteiger charge is -2.15. The first-order chi connectivity index (χ1) is 15.1. The second-order valence-corrected chi connectivity index (χ2v) is 7.04. The van der Waals surface area contributed by atoms with Crippen LogP contribution in [0.25, 0.3) is 0 Å². The second-order valence-electron chi connectivity index (χ2n) is 7.04. The largest absolute Gasteiger partial charge is 0.497 e. The molecule has 2 aromatic rings. The first kappa shape index (κ1) is 20.6. The number of hydrogen-bond acceptors (Lipinski definition) is 8. The third-order valence-electron chi connectivity index (χ3n) is 5.09. The molecule has 1 unspecified atom stereocenters. The van der Waals surface area contributed by atoms with Crippen LogP contribution in [0.5, 0.6) is 28.7 Å². The molecule has 0 fully saturated rings. The van der Waals surface area contributed by atoms with E-state index in [9.17, 15) is 4.79 Å². The number of amides is 1. The number of fused-ring (bicyclic) bond motifs is 1. The molecule has 1 atom stereocenters. The molecule has 9 heteroatoms. The van der Waals surface area contributed by atoms with Crippen LogP contribution in [-0.4, -0.2) is 52.4 Å². The van der Waals surface area contributed by atoms with Crippen molar-refractivity contribution in [3.63, 3.8) is 0 Å². The third kappa shape index (κ3) is 4.30. The summed E-state index contributed by atoms with van der Waals surface area (Å²) in [6, 6.07) is 8.83. The lowest BCUT2D eigenvalue weighted by molar-refractivity contribution is 0.0853. The molecule has 9 nitrogen and oxygen atoms in total. The van der Waals surface area contributed by atoms with E-state index in [0.29, 0.717) is 53.7 Å². The van der Waals surface area contributed by atoms with Crippen LogP contribution < -0.4 is 29.0 Å². The normalized spacial score (nSPS) is 16.4. The highest BCUT2D eigenvalue weighted by atomic mass is 16.7. The zero-order valence-electron chi connectivity index (χ0n) is 17.6. The molecule has 4 rings (SSSR count). The van der Waals surface area contributed by atoms with Gasteiger partial charge in [-0.2, -0.15) is 0 Å². The molecule has 0 saturated carbocycles. The highest BCUT2D eigenvalue weighted by Gasteiger charge is 2.30. The van der Waals surface area contributed by atoms with Crippen molar-refractivity contribution in [1.29, 1.82) is 0 Å². The number of carbonyl (C=O) groups excluding carboxylic acids is 1. The van der Waals surface area contributed by atoms with E-state index in [2.05, 4.69) is 10.5 Å². The van der Waals surface area contributed by atoms with Crippen LogP contribution >= 0.6 is 0 Å². The number of rotatable bonds is 8. The van der Waals surface area contributed by atoms with Crippen molar-refractivity contribution in [2.45, 2.75) is 18.9 Å². The van der Waals surface area contributed by atoms with Gasteiger partial charge in [0.15, 0.2) is 11.5 Å². The fraction of sp³-hybridized carbons (Fsp3) is 0.364. The molecule has 1 amide bonds. The van der Waals surface area contributed by atoms with Crippen molar-refractivity contribution in [2.24, 2.45) is 5.16 Å². The summed E-state index contributed by atoms with van der Waals surface area (Å²) in [5.41, 5.74) is 2.14. The Kier molecular flexibility index (Phi) is 6.01. The molecule has 2 aliphatic heterocycles. The van der Waals surface area contributed by atoms with Gasteiger partial charge in [0, 0.05) is 24.0 Å². The molecule has 2 aromatic carbocycles. The summed E-state index contributed by atoms with van der Waals surface area (Å²) in [5.74, 6) is 2.66. The topological polar surface area (TPSA) is 96.8 Å². The van der Waals surface area contributed by atoms with Crippen molar-refractivity contribution in [2.75, 3.05) is 34.7 Å². The van der Waals surface area contributed by atoms with E-state index >= 15 is 0 Å². The minimum Gasteiger partial charge on any atom is -0.497 e. The maximum Gasteiger partial charge on any atom is 0.251 e. The number of carbonyl (C=O) groups is 1. The van der Waals surface area contributed by atoms with Crippen molar-refractivity contribution in [1.82, 2.24) is 5.32 Å². The first-order valence-electron chi connectivity index (χ1n) is 9.80. The molecule has 31 heavy (non-hydrogen) atoms. The van der Waals surface area contributed by atoms with E-state index in [1.54, 1.807) is 45.6 Å². The predicted octanol–water partition coefficient (Wildman–Crippen LogP) is 2.56. The Hall–Kier alpha value is -3.62.